The molecule has 6 heteroatoms. The molecule has 1 unspecified atom stereocenters. The molecule has 1 fully saturated rings. The Morgan fingerprint density at radius 3 is 2.11 bits per heavy atom. The quantitative estimate of drug-likeness (QED) is 0.635. The summed E-state index contributed by atoms with van der Waals surface area (Å²) in [6.45, 7) is 6.13. The lowest BCUT2D eigenvalue weighted by molar-refractivity contribution is -0.137. The van der Waals surface area contributed by atoms with Crippen LogP contribution in [0, 0.1) is 0 Å². The van der Waals surface area contributed by atoms with Gasteiger partial charge in [0.15, 0.2) is 0 Å². The number of halogens is 3. The van der Waals surface area contributed by atoms with Crippen molar-refractivity contribution in [3.05, 3.63) is 65.7 Å². The zero-order valence-corrected chi connectivity index (χ0v) is 16.9. The molecule has 3 rings (SSSR count). The monoisotopic (exact) mass is 399 g/mol. The van der Waals surface area contributed by atoms with Gasteiger partial charge in [0.2, 0.25) is 0 Å². The molecule has 0 bridgehead atoms. The van der Waals surface area contributed by atoms with Gasteiger partial charge in [0.25, 0.3) is 0 Å². The lowest BCUT2D eigenvalue weighted by Gasteiger charge is -2.11. The Labute approximate surface area is 164 Å². The number of rotatable bonds is 4. The lowest BCUT2D eigenvalue weighted by Crippen LogP contribution is -2.16. The average molecular weight is 400 g/mol. The van der Waals surface area contributed by atoms with Crippen LogP contribution in [0.1, 0.15) is 31.4 Å². The van der Waals surface area contributed by atoms with Crippen LogP contribution >= 0.6 is 11.8 Å². The predicted molar refractivity (Wildman–Crippen MR) is 107 cm³/mol. The van der Waals surface area contributed by atoms with E-state index in [4.69, 9.17) is 4.74 Å². The predicted octanol–water partition coefficient (Wildman–Crippen LogP) is 6.02. The SMILES string of the molecule is CC.CSc1ccccc1.FC(F)(F)c1ccc(COC2CCNC2)cc1. The molecule has 1 aliphatic rings. The van der Waals surface area contributed by atoms with E-state index in [2.05, 4.69) is 23.7 Å². The van der Waals surface area contributed by atoms with Crippen molar-refractivity contribution < 1.29 is 17.9 Å². The second kappa shape index (κ2) is 12.8. The van der Waals surface area contributed by atoms with Crippen LogP contribution in [0.4, 0.5) is 13.2 Å². The Morgan fingerprint density at radius 1 is 1.04 bits per heavy atom. The Hall–Kier alpha value is -1.50. The molecule has 1 atom stereocenters. The number of alkyl halides is 3. The molecule has 2 aromatic carbocycles. The zero-order valence-electron chi connectivity index (χ0n) is 16.1. The van der Waals surface area contributed by atoms with Crippen molar-refractivity contribution in [2.75, 3.05) is 19.3 Å². The molecule has 2 nitrogen and oxygen atoms in total. The minimum atomic E-state index is -4.27. The highest BCUT2D eigenvalue weighted by molar-refractivity contribution is 7.98. The molecular weight excluding hydrogens is 371 g/mol. The highest BCUT2D eigenvalue weighted by atomic mass is 32.2. The Balaban J connectivity index is 0.000000305. The second-order valence-corrected chi connectivity index (χ2v) is 6.52. The van der Waals surface area contributed by atoms with Gasteiger partial charge >= 0.3 is 6.18 Å². The molecule has 27 heavy (non-hydrogen) atoms. The van der Waals surface area contributed by atoms with E-state index >= 15 is 0 Å². The van der Waals surface area contributed by atoms with Crippen LogP contribution in [0.2, 0.25) is 0 Å². The number of hydrogen-bond donors (Lipinski definition) is 1. The van der Waals surface area contributed by atoms with Gasteiger partial charge in [0, 0.05) is 11.4 Å². The van der Waals surface area contributed by atoms with Gasteiger partial charge in [0.1, 0.15) is 0 Å². The van der Waals surface area contributed by atoms with Gasteiger partial charge in [-0.1, -0.05) is 44.2 Å². The topological polar surface area (TPSA) is 21.3 Å². The summed E-state index contributed by atoms with van der Waals surface area (Å²) in [5, 5.41) is 3.16. The molecule has 1 saturated heterocycles. The van der Waals surface area contributed by atoms with Crippen LogP contribution in [0.5, 0.6) is 0 Å². The summed E-state index contributed by atoms with van der Waals surface area (Å²) < 4.78 is 42.5. The van der Waals surface area contributed by atoms with E-state index in [1.165, 1.54) is 17.0 Å². The Morgan fingerprint density at radius 2 is 1.67 bits per heavy atom. The van der Waals surface area contributed by atoms with Crippen LogP contribution < -0.4 is 5.32 Å². The van der Waals surface area contributed by atoms with E-state index in [0.717, 1.165) is 37.2 Å². The van der Waals surface area contributed by atoms with E-state index in [-0.39, 0.29) is 6.10 Å². The maximum absolute atomic E-state index is 12.3. The van der Waals surface area contributed by atoms with Crippen molar-refractivity contribution in [1.82, 2.24) is 5.32 Å². The third kappa shape index (κ3) is 9.31. The lowest BCUT2D eigenvalue weighted by atomic mass is 10.1. The van der Waals surface area contributed by atoms with Crippen LogP contribution in [0.25, 0.3) is 0 Å². The number of benzene rings is 2. The van der Waals surface area contributed by atoms with Gasteiger partial charge in [0.05, 0.1) is 18.3 Å². The number of hydrogen-bond acceptors (Lipinski definition) is 3. The van der Waals surface area contributed by atoms with E-state index in [0.29, 0.717) is 6.61 Å². The molecule has 0 saturated carbocycles. The van der Waals surface area contributed by atoms with Gasteiger partial charge in [-0.2, -0.15) is 13.2 Å². The van der Waals surface area contributed by atoms with Gasteiger partial charge in [-0.15, -0.1) is 11.8 Å². The van der Waals surface area contributed by atoms with Gasteiger partial charge in [-0.05, 0) is 49.1 Å². The standard InChI is InChI=1S/C12H14F3NO.C7H8S.C2H6/c13-12(14,15)10-3-1-9(2-4-10)8-17-11-5-6-16-7-11;1-8-7-5-3-2-4-6-7;1-2/h1-4,11,16H,5-8H2;2-6H,1H3;1-2H3. The molecule has 0 aromatic heterocycles. The third-order valence-electron chi connectivity index (χ3n) is 3.76. The van der Waals surface area contributed by atoms with Crippen molar-refractivity contribution in [2.24, 2.45) is 0 Å². The van der Waals surface area contributed by atoms with Crippen LogP contribution in [0.15, 0.2) is 59.5 Å². The number of thioether (sulfide) groups is 1. The first kappa shape index (κ1) is 23.5. The molecular formula is C21H28F3NOS. The van der Waals surface area contributed by atoms with Crippen LogP contribution in [-0.2, 0) is 17.5 Å². The molecule has 0 radical (unpaired) electrons. The maximum Gasteiger partial charge on any atom is 0.416 e. The molecule has 2 aromatic rings. The van der Waals surface area contributed by atoms with Gasteiger partial charge in [-0.25, -0.2) is 0 Å². The first-order chi connectivity index (χ1) is 13.0. The van der Waals surface area contributed by atoms with Crippen molar-refractivity contribution in [1.29, 1.82) is 0 Å². The molecule has 1 heterocycles. The van der Waals surface area contributed by atoms with Gasteiger partial charge in [-0.3, -0.25) is 0 Å². The zero-order chi connectivity index (χ0) is 20.1. The van der Waals surface area contributed by atoms with Crippen LogP contribution in [0.3, 0.4) is 0 Å². The minimum absolute atomic E-state index is 0.178. The van der Waals surface area contributed by atoms with E-state index in [1.54, 1.807) is 11.8 Å². The smallest absolute Gasteiger partial charge is 0.372 e. The normalized spacial score (nSPS) is 16.0. The number of nitrogens with one attached hydrogen (secondary N) is 1. The molecule has 0 amide bonds. The average Bonchev–Trinajstić information content (AvgIpc) is 3.22. The van der Waals surface area contributed by atoms with E-state index in [1.807, 2.05) is 32.0 Å². The summed E-state index contributed by atoms with van der Waals surface area (Å²) in [4.78, 5) is 1.33. The molecule has 150 valence electrons. The summed E-state index contributed by atoms with van der Waals surface area (Å²) in [7, 11) is 0. The summed E-state index contributed by atoms with van der Waals surface area (Å²) in [6.07, 6.45) is -1.05. The second-order valence-electron chi connectivity index (χ2n) is 5.64. The van der Waals surface area contributed by atoms with Gasteiger partial charge < -0.3 is 10.1 Å². The number of ether oxygens (including phenoxy) is 1. The summed E-state index contributed by atoms with van der Waals surface area (Å²) in [5.41, 5.74) is 0.147. The highest BCUT2D eigenvalue weighted by Gasteiger charge is 2.29. The fraction of sp³-hybridized carbons (Fsp3) is 0.429. The molecule has 1 aliphatic heterocycles. The van der Waals surface area contributed by atoms with Crippen molar-refractivity contribution >= 4 is 11.8 Å². The summed E-state index contributed by atoms with van der Waals surface area (Å²) in [6, 6.07) is 15.4. The van der Waals surface area contributed by atoms with E-state index < -0.39 is 11.7 Å². The van der Waals surface area contributed by atoms with E-state index in [9.17, 15) is 13.2 Å². The van der Waals surface area contributed by atoms with Crippen molar-refractivity contribution in [2.45, 2.75) is 44.1 Å². The molecule has 0 aliphatic carbocycles. The molecule has 1 N–H and O–H groups in total. The van der Waals surface area contributed by atoms with Crippen LogP contribution in [-0.4, -0.2) is 25.4 Å². The first-order valence-corrected chi connectivity index (χ1v) is 10.3. The largest absolute Gasteiger partial charge is 0.416 e. The Bertz CT molecular complexity index is 612. The van der Waals surface area contributed by atoms with Crippen molar-refractivity contribution in [3.63, 3.8) is 0 Å². The Kier molecular flexibility index (Phi) is 11.2. The fourth-order valence-electron chi connectivity index (χ4n) is 2.33. The third-order valence-corrected chi connectivity index (χ3v) is 4.50. The summed E-state index contributed by atoms with van der Waals surface area (Å²) >= 11 is 1.77. The highest BCUT2D eigenvalue weighted by Crippen LogP contribution is 2.29. The molecule has 0 spiro atoms. The summed E-state index contributed by atoms with van der Waals surface area (Å²) in [5.74, 6) is 0. The minimum Gasteiger partial charge on any atom is -0.372 e. The first-order valence-electron chi connectivity index (χ1n) is 9.06. The van der Waals surface area contributed by atoms with Crippen molar-refractivity contribution in [3.8, 4) is 0 Å². The maximum atomic E-state index is 12.3. The fourth-order valence-corrected chi connectivity index (χ4v) is 2.76.